The quantitative estimate of drug-likeness (QED) is 0.433. The number of hydrogen-bond donors (Lipinski definition) is 1. The molecule has 0 unspecified atom stereocenters. The van der Waals surface area contributed by atoms with E-state index >= 15 is 0 Å². The van der Waals surface area contributed by atoms with E-state index in [4.69, 9.17) is 0 Å². The van der Waals surface area contributed by atoms with Crippen LogP contribution in [0.25, 0.3) is 10.2 Å². The van der Waals surface area contributed by atoms with Crippen molar-refractivity contribution in [1.82, 2.24) is 14.3 Å². The molecule has 0 saturated carbocycles. The smallest absolute Gasteiger partial charge is 0.243 e. The molecule has 2 aliphatic rings. The number of thiophene rings is 1. The molecular formula is C21H22N4O3S3. The second kappa shape index (κ2) is 8.50. The fourth-order valence-electron chi connectivity index (χ4n) is 4.15. The van der Waals surface area contributed by atoms with Gasteiger partial charge in [0.1, 0.15) is 16.2 Å². The lowest BCUT2D eigenvalue weighted by molar-refractivity contribution is -0.113. The van der Waals surface area contributed by atoms with Crippen LogP contribution in [-0.4, -0.2) is 47.4 Å². The van der Waals surface area contributed by atoms with Gasteiger partial charge in [0.15, 0.2) is 0 Å². The van der Waals surface area contributed by atoms with Crippen molar-refractivity contribution in [3.05, 3.63) is 41.0 Å². The van der Waals surface area contributed by atoms with Crippen LogP contribution in [0.1, 0.15) is 29.7 Å². The number of carbonyl (C=O) groups is 1. The van der Waals surface area contributed by atoms with E-state index in [-0.39, 0.29) is 16.6 Å². The monoisotopic (exact) mass is 474 g/mol. The van der Waals surface area contributed by atoms with Crippen LogP contribution >= 0.6 is 23.1 Å². The molecule has 31 heavy (non-hydrogen) atoms. The van der Waals surface area contributed by atoms with Crippen molar-refractivity contribution in [3.63, 3.8) is 0 Å². The predicted molar refractivity (Wildman–Crippen MR) is 123 cm³/mol. The zero-order valence-electron chi connectivity index (χ0n) is 16.8. The zero-order valence-corrected chi connectivity index (χ0v) is 19.3. The van der Waals surface area contributed by atoms with Gasteiger partial charge < -0.3 is 5.32 Å². The second-order valence-corrected chi connectivity index (χ2v) is 11.7. The molecule has 10 heteroatoms. The van der Waals surface area contributed by atoms with Gasteiger partial charge in [-0.15, -0.1) is 11.3 Å². The topological polar surface area (TPSA) is 92.3 Å². The predicted octanol–water partition coefficient (Wildman–Crippen LogP) is 3.70. The van der Waals surface area contributed by atoms with Gasteiger partial charge in [0.2, 0.25) is 15.9 Å². The largest absolute Gasteiger partial charge is 0.325 e. The number of aromatic nitrogens is 2. The molecule has 1 aliphatic carbocycles. The van der Waals surface area contributed by atoms with Crippen LogP contribution in [0.2, 0.25) is 0 Å². The van der Waals surface area contributed by atoms with Crippen molar-refractivity contribution < 1.29 is 13.2 Å². The summed E-state index contributed by atoms with van der Waals surface area (Å²) in [6, 6.07) is 6.48. The molecule has 0 atom stereocenters. The molecule has 1 saturated heterocycles. The highest BCUT2D eigenvalue weighted by molar-refractivity contribution is 8.00. The minimum Gasteiger partial charge on any atom is -0.325 e. The molecule has 162 valence electrons. The van der Waals surface area contributed by atoms with E-state index in [1.165, 1.54) is 32.6 Å². The standard InChI is InChI=1S/C21H22N4O3S3/c26-18(12-29-20-19-16-7-4-8-17(16)30-21(19)23-13-22-20)24-14-5-3-6-15(11-14)31(27,28)25-9-1-2-10-25/h3,5-6,11,13H,1-2,4,7-10,12H2,(H,24,26). The molecule has 5 rings (SSSR count). The molecule has 1 fully saturated rings. The Morgan fingerprint density at radius 3 is 2.84 bits per heavy atom. The molecule has 0 radical (unpaired) electrons. The zero-order chi connectivity index (χ0) is 21.4. The lowest BCUT2D eigenvalue weighted by atomic mass is 10.2. The van der Waals surface area contributed by atoms with E-state index in [1.807, 2.05) is 0 Å². The first-order valence-electron chi connectivity index (χ1n) is 10.3. The van der Waals surface area contributed by atoms with Crippen molar-refractivity contribution in [3.8, 4) is 0 Å². The van der Waals surface area contributed by atoms with Crippen LogP contribution in [0, 0.1) is 0 Å². The summed E-state index contributed by atoms with van der Waals surface area (Å²) in [7, 11) is -3.52. The average molecular weight is 475 g/mol. The van der Waals surface area contributed by atoms with E-state index in [9.17, 15) is 13.2 Å². The van der Waals surface area contributed by atoms with Gasteiger partial charge in [0.25, 0.3) is 0 Å². The first kappa shape index (κ1) is 20.9. The van der Waals surface area contributed by atoms with Crippen molar-refractivity contribution >= 4 is 54.9 Å². The Hall–Kier alpha value is -2.01. The molecule has 2 aromatic heterocycles. The summed E-state index contributed by atoms with van der Waals surface area (Å²) in [4.78, 5) is 24.0. The maximum atomic E-state index is 12.8. The Morgan fingerprint density at radius 1 is 1.16 bits per heavy atom. The molecule has 1 aromatic carbocycles. The molecule has 3 aromatic rings. The minimum absolute atomic E-state index is 0.194. The highest BCUT2D eigenvalue weighted by Gasteiger charge is 2.27. The molecule has 1 aliphatic heterocycles. The summed E-state index contributed by atoms with van der Waals surface area (Å²) in [6.07, 6.45) is 6.62. The van der Waals surface area contributed by atoms with Gasteiger partial charge in [-0.2, -0.15) is 4.31 Å². The summed E-state index contributed by atoms with van der Waals surface area (Å²) in [5.74, 6) is -0.000757. The highest BCUT2D eigenvalue weighted by atomic mass is 32.2. The molecule has 7 nitrogen and oxygen atoms in total. The van der Waals surface area contributed by atoms with Crippen LogP contribution in [0.3, 0.4) is 0 Å². The second-order valence-electron chi connectivity index (χ2n) is 7.69. The van der Waals surface area contributed by atoms with Crippen molar-refractivity contribution in [1.29, 1.82) is 0 Å². The van der Waals surface area contributed by atoms with E-state index in [2.05, 4.69) is 15.3 Å². The van der Waals surface area contributed by atoms with Crippen LogP contribution in [0.5, 0.6) is 0 Å². The molecule has 0 bridgehead atoms. The number of nitrogens with one attached hydrogen (secondary N) is 1. The summed E-state index contributed by atoms with van der Waals surface area (Å²) in [6.45, 7) is 1.10. The van der Waals surface area contributed by atoms with E-state index in [0.29, 0.717) is 18.8 Å². The number of hydrogen-bond acceptors (Lipinski definition) is 7. The summed E-state index contributed by atoms with van der Waals surface area (Å²) in [5.41, 5.74) is 1.82. The van der Waals surface area contributed by atoms with E-state index in [0.717, 1.165) is 47.3 Å². The van der Waals surface area contributed by atoms with Gasteiger partial charge in [-0.25, -0.2) is 18.4 Å². The summed E-state index contributed by atoms with van der Waals surface area (Å²) >= 11 is 3.12. The molecule has 1 N–H and O–H groups in total. The van der Waals surface area contributed by atoms with Gasteiger partial charge >= 0.3 is 0 Å². The number of nitrogens with zero attached hydrogens (tertiary/aromatic N) is 3. The SMILES string of the molecule is O=C(CSc1ncnc2sc3c(c12)CCC3)Nc1cccc(S(=O)(=O)N2CCCC2)c1. The Balaban J connectivity index is 1.28. The molecule has 3 heterocycles. The van der Waals surface area contributed by atoms with Gasteiger partial charge in [-0.05, 0) is 55.9 Å². The number of benzene rings is 1. The summed E-state index contributed by atoms with van der Waals surface area (Å²) in [5, 5.41) is 4.76. The third kappa shape index (κ3) is 4.09. The number of thioether (sulfide) groups is 1. The maximum Gasteiger partial charge on any atom is 0.243 e. The Morgan fingerprint density at radius 2 is 2.00 bits per heavy atom. The molecule has 1 amide bonds. The number of sulfonamides is 1. The van der Waals surface area contributed by atoms with Crippen molar-refractivity contribution in [2.75, 3.05) is 24.2 Å². The Labute approximate surface area is 189 Å². The maximum absolute atomic E-state index is 12.8. The first-order chi connectivity index (χ1) is 15.0. The molecular weight excluding hydrogens is 452 g/mol. The van der Waals surface area contributed by atoms with E-state index in [1.54, 1.807) is 35.9 Å². The number of fused-ring (bicyclic) bond motifs is 3. The Kier molecular flexibility index (Phi) is 5.72. The van der Waals surface area contributed by atoms with Crippen LogP contribution in [0.15, 0.2) is 40.5 Å². The summed E-state index contributed by atoms with van der Waals surface area (Å²) < 4.78 is 27.0. The Bertz CT molecular complexity index is 1250. The van der Waals surface area contributed by atoms with Crippen molar-refractivity contribution in [2.45, 2.75) is 42.0 Å². The van der Waals surface area contributed by atoms with Crippen LogP contribution in [0.4, 0.5) is 5.69 Å². The van der Waals surface area contributed by atoms with Gasteiger partial charge in [-0.1, -0.05) is 17.8 Å². The minimum atomic E-state index is -3.52. The van der Waals surface area contributed by atoms with Gasteiger partial charge in [0, 0.05) is 29.0 Å². The normalized spacial score (nSPS) is 16.6. The number of rotatable bonds is 6. The number of amides is 1. The first-order valence-corrected chi connectivity index (χ1v) is 13.5. The lowest BCUT2D eigenvalue weighted by Gasteiger charge is -2.16. The van der Waals surface area contributed by atoms with E-state index < -0.39 is 10.0 Å². The third-order valence-electron chi connectivity index (χ3n) is 5.63. The number of carbonyl (C=O) groups excluding carboxylic acids is 1. The number of aryl methyl sites for hydroxylation is 2. The van der Waals surface area contributed by atoms with Gasteiger partial charge in [0.05, 0.1) is 10.6 Å². The van der Waals surface area contributed by atoms with Gasteiger partial charge in [-0.3, -0.25) is 4.79 Å². The van der Waals surface area contributed by atoms with Crippen LogP contribution < -0.4 is 5.32 Å². The fraction of sp³-hybridized carbons (Fsp3) is 0.381. The fourth-order valence-corrected chi connectivity index (χ4v) is 7.83. The highest BCUT2D eigenvalue weighted by Crippen LogP contribution is 2.40. The third-order valence-corrected chi connectivity index (χ3v) is 9.71. The van der Waals surface area contributed by atoms with Crippen molar-refractivity contribution in [2.24, 2.45) is 0 Å². The average Bonchev–Trinajstić information content (AvgIpc) is 3.50. The number of anilines is 1. The lowest BCUT2D eigenvalue weighted by Crippen LogP contribution is -2.28. The molecule has 0 spiro atoms. The van der Waals surface area contributed by atoms with Crippen LogP contribution in [-0.2, 0) is 27.7 Å².